The van der Waals surface area contributed by atoms with Crippen LogP contribution < -0.4 is 0 Å². The van der Waals surface area contributed by atoms with Gasteiger partial charge in [-0.3, -0.25) is 0 Å². The standard InChI is InChI=1S/C7H6BrF2NO/c1-3-5(12)2-4(7(9)10)6(8)11-3/h2,7,12H,1H3. The lowest BCUT2D eigenvalue weighted by Gasteiger charge is -2.04. The summed E-state index contributed by atoms with van der Waals surface area (Å²) in [5.74, 6) is -0.214. The summed E-state index contributed by atoms with van der Waals surface area (Å²) in [6.45, 7) is 1.54. The SMILES string of the molecule is Cc1nc(Br)c(C(F)F)cc1O. The molecule has 0 aromatic carbocycles. The molecule has 0 aliphatic rings. The van der Waals surface area contributed by atoms with Gasteiger partial charge in [-0.05, 0) is 28.9 Å². The Hall–Kier alpha value is -0.710. The average Bonchev–Trinajstić information content (AvgIpc) is 1.96. The third-order valence-electron chi connectivity index (χ3n) is 1.40. The molecule has 2 nitrogen and oxygen atoms in total. The quantitative estimate of drug-likeness (QED) is 0.763. The zero-order valence-electron chi connectivity index (χ0n) is 6.18. The van der Waals surface area contributed by atoms with E-state index in [-0.39, 0.29) is 15.9 Å². The summed E-state index contributed by atoms with van der Waals surface area (Å²) in [7, 11) is 0. The third-order valence-corrected chi connectivity index (χ3v) is 2.04. The van der Waals surface area contributed by atoms with Gasteiger partial charge in [0.25, 0.3) is 6.43 Å². The smallest absolute Gasteiger partial charge is 0.266 e. The van der Waals surface area contributed by atoms with Gasteiger partial charge in [0, 0.05) is 0 Å². The molecule has 0 amide bonds. The number of pyridine rings is 1. The summed E-state index contributed by atoms with van der Waals surface area (Å²) in [6, 6.07) is 1.01. The summed E-state index contributed by atoms with van der Waals surface area (Å²) in [5.41, 5.74) is 0.0318. The number of hydrogen-bond donors (Lipinski definition) is 1. The first-order valence-electron chi connectivity index (χ1n) is 3.16. The van der Waals surface area contributed by atoms with Crippen molar-refractivity contribution in [2.75, 3.05) is 0 Å². The molecule has 1 heterocycles. The topological polar surface area (TPSA) is 33.1 Å². The molecule has 1 aromatic heterocycles. The molecule has 66 valence electrons. The largest absolute Gasteiger partial charge is 0.506 e. The lowest BCUT2D eigenvalue weighted by molar-refractivity contribution is 0.149. The van der Waals surface area contributed by atoms with Crippen molar-refractivity contribution in [1.82, 2.24) is 4.98 Å². The maximum absolute atomic E-state index is 12.2. The average molecular weight is 238 g/mol. The van der Waals surface area contributed by atoms with Gasteiger partial charge in [0.1, 0.15) is 10.4 Å². The van der Waals surface area contributed by atoms with Gasteiger partial charge in [-0.25, -0.2) is 13.8 Å². The first kappa shape index (κ1) is 9.38. The minimum Gasteiger partial charge on any atom is -0.506 e. The summed E-state index contributed by atoms with van der Waals surface area (Å²) in [5, 5.41) is 9.06. The van der Waals surface area contributed by atoms with Crippen molar-refractivity contribution in [3.63, 3.8) is 0 Å². The lowest BCUT2D eigenvalue weighted by Crippen LogP contribution is -1.92. The lowest BCUT2D eigenvalue weighted by atomic mass is 10.2. The summed E-state index contributed by atoms with van der Waals surface area (Å²) in [4.78, 5) is 3.68. The first-order chi connectivity index (χ1) is 5.52. The van der Waals surface area contributed by atoms with Crippen LogP contribution in [-0.2, 0) is 0 Å². The predicted octanol–water partition coefficient (Wildman–Crippen LogP) is 2.80. The van der Waals surface area contributed by atoms with Gasteiger partial charge < -0.3 is 5.11 Å². The predicted molar refractivity (Wildman–Crippen MR) is 43.3 cm³/mol. The van der Waals surface area contributed by atoms with E-state index < -0.39 is 6.43 Å². The Morgan fingerprint density at radius 1 is 1.58 bits per heavy atom. The molecule has 0 saturated carbocycles. The second-order valence-corrected chi connectivity index (χ2v) is 3.02. The van der Waals surface area contributed by atoms with E-state index >= 15 is 0 Å². The maximum Gasteiger partial charge on any atom is 0.266 e. The number of alkyl halides is 2. The highest BCUT2D eigenvalue weighted by Gasteiger charge is 2.14. The van der Waals surface area contributed by atoms with Crippen LogP contribution in [0.4, 0.5) is 8.78 Å². The van der Waals surface area contributed by atoms with Gasteiger partial charge in [0.2, 0.25) is 0 Å². The second-order valence-electron chi connectivity index (χ2n) is 2.27. The number of halogens is 3. The van der Waals surface area contributed by atoms with Gasteiger partial charge in [-0.15, -0.1) is 0 Å². The maximum atomic E-state index is 12.2. The van der Waals surface area contributed by atoms with Gasteiger partial charge >= 0.3 is 0 Å². The van der Waals surface area contributed by atoms with E-state index in [4.69, 9.17) is 5.11 Å². The fraction of sp³-hybridized carbons (Fsp3) is 0.286. The van der Waals surface area contributed by atoms with Crippen molar-refractivity contribution >= 4 is 15.9 Å². The van der Waals surface area contributed by atoms with Crippen molar-refractivity contribution < 1.29 is 13.9 Å². The van der Waals surface area contributed by atoms with E-state index in [0.29, 0.717) is 5.69 Å². The molecular formula is C7H6BrF2NO. The second kappa shape index (κ2) is 3.35. The van der Waals surface area contributed by atoms with Crippen LogP contribution in [0.25, 0.3) is 0 Å². The molecule has 5 heteroatoms. The van der Waals surface area contributed by atoms with Crippen molar-refractivity contribution in [1.29, 1.82) is 0 Å². The number of hydrogen-bond acceptors (Lipinski definition) is 2. The minimum absolute atomic E-state index is 0.0767. The van der Waals surface area contributed by atoms with Crippen LogP contribution >= 0.6 is 15.9 Å². The van der Waals surface area contributed by atoms with Crippen LogP contribution in [0.5, 0.6) is 5.75 Å². The van der Waals surface area contributed by atoms with Crippen LogP contribution in [0.3, 0.4) is 0 Å². The highest BCUT2D eigenvalue weighted by atomic mass is 79.9. The minimum atomic E-state index is -2.63. The highest BCUT2D eigenvalue weighted by Crippen LogP contribution is 2.29. The van der Waals surface area contributed by atoms with Crippen molar-refractivity contribution in [2.24, 2.45) is 0 Å². The molecule has 12 heavy (non-hydrogen) atoms. The van der Waals surface area contributed by atoms with E-state index in [2.05, 4.69) is 20.9 Å². The van der Waals surface area contributed by atoms with E-state index in [0.717, 1.165) is 6.07 Å². The molecule has 1 rings (SSSR count). The Bertz CT molecular complexity index is 304. The van der Waals surface area contributed by atoms with Crippen molar-refractivity contribution in [3.8, 4) is 5.75 Å². The Labute approximate surface area is 76.4 Å². The Balaban J connectivity index is 3.23. The zero-order chi connectivity index (χ0) is 9.30. The van der Waals surface area contributed by atoms with Crippen LogP contribution in [0.1, 0.15) is 17.7 Å². The highest BCUT2D eigenvalue weighted by molar-refractivity contribution is 9.10. The fourth-order valence-electron chi connectivity index (χ4n) is 0.733. The number of aryl methyl sites for hydroxylation is 1. The number of aromatic hydroxyl groups is 1. The van der Waals surface area contributed by atoms with Gasteiger partial charge in [0.05, 0.1) is 11.3 Å². The molecule has 0 spiro atoms. The normalized spacial score (nSPS) is 10.8. The van der Waals surface area contributed by atoms with Crippen molar-refractivity contribution in [3.05, 3.63) is 21.9 Å². The Morgan fingerprint density at radius 3 is 2.67 bits per heavy atom. The number of rotatable bonds is 1. The summed E-state index contributed by atoms with van der Waals surface area (Å²) >= 11 is 2.88. The summed E-state index contributed by atoms with van der Waals surface area (Å²) < 4.78 is 24.4. The molecule has 0 radical (unpaired) electrons. The Morgan fingerprint density at radius 2 is 2.17 bits per heavy atom. The summed E-state index contributed by atoms with van der Waals surface area (Å²) in [6.07, 6.45) is -2.63. The molecule has 0 atom stereocenters. The molecule has 1 N–H and O–H groups in total. The molecule has 0 saturated heterocycles. The van der Waals surface area contributed by atoms with E-state index in [9.17, 15) is 8.78 Å². The molecule has 0 bridgehead atoms. The molecule has 1 aromatic rings. The molecule has 0 fully saturated rings. The molecule has 0 aliphatic heterocycles. The third kappa shape index (κ3) is 1.72. The molecule has 0 aliphatic carbocycles. The fourth-order valence-corrected chi connectivity index (χ4v) is 1.29. The number of aromatic nitrogens is 1. The van der Waals surface area contributed by atoms with E-state index in [1.54, 1.807) is 0 Å². The molecule has 0 unspecified atom stereocenters. The van der Waals surface area contributed by atoms with Crippen LogP contribution in [0.15, 0.2) is 10.7 Å². The zero-order valence-corrected chi connectivity index (χ0v) is 7.77. The van der Waals surface area contributed by atoms with Crippen LogP contribution in [-0.4, -0.2) is 10.1 Å². The van der Waals surface area contributed by atoms with Gasteiger partial charge in [-0.1, -0.05) is 0 Å². The Kier molecular flexibility index (Phi) is 2.62. The molecular weight excluding hydrogens is 232 g/mol. The van der Waals surface area contributed by atoms with Crippen molar-refractivity contribution in [2.45, 2.75) is 13.3 Å². The first-order valence-corrected chi connectivity index (χ1v) is 3.96. The van der Waals surface area contributed by atoms with Gasteiger partial charge in [0.15, 0.2) is 0 Å². The van der Waals surface area contributed by atoms with Crippen LogP contribution in [0.2, 0.25) is 0 Å². The number of nitrogens with zero attached hydrogens (tertiary/aromatic N) is 1. The van der Waals surface area contributed by atoms with E-state index in [1.165, 1.54) is 6.92 Å². The van der Waals surface area contributed by atoms with Gasteiger partial charge in [-0.2, -0.15) is 0 Å². The van der Waals surface area contributed by atoms with Crippen LogP contribution in [0, 0.1) is 6.92 Å². The van der Waals surface area contributed by atoms with E-state index in [1.807, 2.05) is 0 Å². The monoisotopic (exact) mass is 237 g/mol.